The van der Waals surface area contributed by atoms with Crippen LogP contribution < -0.4 is 14.4 Å². The molecule has 9 nitrogen and oxygen atoms in total. The van der Waals surface area contributed by atoms with Crippen molar-refractivity contribution >= 4 is 44.9 Å². The Labute approximate surface area is 225 Å². The molecule has 1 N–H and O–H groups in total. The number of methoxy groups -OCH3 is 1. The summed E-state index contributed by atoms with van der Waals surface area (Å²) < 4.78 is 38.0. The molecule has 1 saturated carbocycles. The van der Waals surface area contributed by atoms with Crippen molar-refractivity contribution in [3.05, 3.63) is 77.6 Å². The lowest BCUT2D eigenvalue weighted by Gasteiger charge is -2.24. The van der Waals surface area contributed by atoms with Gasteiger partial charge in [-0.3, -0.25) is 14.4 Å². The maximum atomic E-state index is 13.1. The van der Waals surface area contributed by atoms with E-state index in [1.165, 1.54) is 61.1 Å². The summed E-state index contributed by atoms with van der Waals surface area (Å²) in [5.74, 6) is 1.01. The first-order valence-corrected chi connectivity index (χ1v) is 13.9. The SMILES string of the molecule is CCC(=O)N(c1ccc(S(=O)(=O)Nc2ccon2)cn1)c1cc(Cl)c(-c2cccc(C3CC3)c2)cc1OC. The maximum Gasteiger partial charge on any atom is 0.264 e. The Morgan fingerprint density at radius 2 is 2.00 bits per heavy atom. The number of rotatable bonds is 9. The van der Waals surface area contributed by atoms with Crippen molar-refractivity contribution < 1.29 is 22.5 Å². The van der Waals surface area contributed by atoms with E-state index in [0.717, 1.165) is 11.1 Å². The highest BCUT2D eigenvalue weighted by molar-refractivity contribution is 7.92. The molecule has 2 aromatic carbocycles. The van der Waals surface area contributed by atoms with E-state index in [-0.39, 0.29) is 28.9 Å². The van der Waals surface area contributed by atoms with Crippen LogP contribution in [-0.4, -0.2) is 31.6 Å². The van der Waals surface area contributed by atoms with E-state index < -0.39 is 10.0 Å². The van der Waals surface area contributed by atoms with Crippen molar-refractivity contribution in [2.45, 2.75) is 37.0 Å². The fourth-order valence-electron chi connectivity index (χ4n) is 4.15. The average Bonchev–Trinajstić information content (AvgIpc) is 3.66. The molecule has 2 heterocycles. The number of nitrogens with one attached hydrogen (secondary N) is 1. The topological polar surface area (TPSA) is 115 Å². The molecule has 5 rings (SSSR count). The average molecular weight is 553 g/mol. The van der Waals surface area contributed by atoms with E-state index >= 15 is 0 Å². The lowest BCUT2D eigenvalue weighted by atomic mass is 10.00. The van der Waals surface area contributed by atoms with Crippen LogP contribution in [0.3, 0.4) is 0 Å². The number of hydrogen-bond donors (Lipinski definition) is 1. The summed E-state index contributed by atoms with van der Waals surface area (Å²) in [6.45, 7) is 1.72. The smallest absolute Gasteiger partial charge is 0.264 e. The maximum absolute atomic E-state index is 13.1. The molecule has 4 aromatic rings. The van der Waals surface area contributed by atoms with Gasteiger partial charge in [-0.2, -0.15) is 0 Å². The molecule has 0 unspecified atom stereocenters. The number of nitrogens with zero attached hydrogens (tertiary/aromatic N) is 3. The second-order valence-electron chi connectivity index (χ2n) is 8.83. The van der Waals surface area contributed by atoms with Gasteiger partial charge < -0.3 is 9.26 Å². The number of carbonyl (C=O) groups excluding carboxylic acids is 1. The molecule has 1 amide bonds. The summed E-state index contributed by atoms with van der Waals surface area (Å²) in [5.41, 5.74) is 3.42. The number of benzene rings is 2. The first-order chi connectivity index (χ1) is 18.3. The third-order valence-electron chi connectivity index (χ3n) is 6.24. The standard InChI is InChI=1S/C27H25ClN4O5S/c1-3-27(33)32(26-10-9-20(16-29-26)38(34,35)31-25-11-12-37-30-25)23-15-22(28)21(14-24(23)36-2)19-6-4-5-18(13-19)17-7-8-17/h4-6,9-17H,3,7-8H2,1-2H3,(H,30,31). The third kappa shape index (κ3) is 5.23. The second-order valence-corrected chi connectivity index (χ2v) is 10.9. The zero-order valence-electron chi connectivity index (χ0n) is 20.7. The van der Waals surface area contributed by atoms with Gasteiger partial charge in [-0.25, -0.2) is 13.4 Å². The van der Waals surface area contributed by atoms with Crippen LogP contribution in [0.1, 0.15) is 37.7 Å². The van der Waals surface area contributed by atoms with Gasteiger partial charge in [-0.1, -0.05) is 47.9 Å². The van der Waals surface area contributed by atoms with Gasteiger partial charge in [0.05, 0.1) is 17.8 Å². The zero-order valence-corrected chi connectivity index (χ0v) is 22.3. The molecule has 0 atom stereocenters. The summed E-state index contributed by atoms with van der Waals surface area (Å²) in [5, 5.41) is 4.00. The number of ether oxygens (including phenoxy) is 1. The van der Waals surface area contributed by atoms with Crippen LogP contribution in [0.2, 0.25) is 5.02 Å². The summed E-state index contributed by atoms with van der Waals surface area (Å²) in [4.78, 5) is 18.7. The molecule has 0 radical (unpaired) electrons. The van der Waals surface area contributed by atoms with Gasteiger partial charge in [-0.15, -0.1) is 0 Å². The molecule has 38 heavy (non-hydrogen) atoms. The molecule has 1 aliphatic carbocycles. The van der Waals surface area contributed by atoms with Crippen LogP contribution in [0, 0.1) is 0 Å². The fourth-order valence-corrected chi connectivity index (χ4v) is 5.35. The summed E-state index contributed by atoms with van der Waals surface area (Å²) in [7, 11) is -2.44. The predicted molar refractivity (Wildman–Crippen MR) is 144 cm³/mol. The van der Waals surface area contributed by atoms with Crippen LogP contribution in [0.5, 0.6) is 5.75 Å². The largest absolute Gasteiger partial charge is 0.495 e. The van der Waals surface area contributed by atoms with Crippen LogP contribution in [0.4, 0.5) is 17.3 Å². The Morgan fingerprint density at radius 1 is 1.18 bits per heavy atom. The van der Waals surface area contributed by atoms with Gasteiger partial charge in [0, 0.05) is 24.2 Å². The fraction of sp³-hybridized carbons (Fsp3) is 0.222. The number of sulfonamides is 1. The van der Waals surface area contributed by atoms with E-state index in [0.29, 0.717) is 22.4 Å². The van der Waals surface area contributed by atoms with Crippen molar-refractivity contribution in [3.8, 4) is 16.9 Å². The molecule has 0 bridgehead atoms. The number of carbonyl (C=O) groups is 1. The van der Waals surface area contributed by atoms with Crippen molar-refractivity contribution in [1.82, 2.24) is 10.1 Å². The highest BCUT2D eigenvalue weighted by Crippen LogP contribution is 2.44. The first-order valence-electron chi connectivity index (χ1n) is 12.0. The second kappa shape index (κ2) is 10.5. The molecule has 11 heteroatoms. The lowest BCUT2D eigenvalue weighted by Crippen LogP contribution is -2.26. The molecule has 1 aliphatic rings. The van der Waals surface area contributed by atoms with Gasteiger partial charge in [-0.05, 0) is 54.2 Å². The van der Waals surface area contributed by atoms with Crippen LogP contribution in [0.25, 0.3) is 11.1 Å². The molecule has 1 fully saturated rings. The van der Waals surface area contributed by atoms with Crippen molar-refractivity contribution in [3.63, 3.8) is 0 Å². The number of hydrogen-bond acceptors (Lipinski definition) is 7. The number of pyridine rings is 1. The zero-order chi connectivity index (χ0) is 26.9. The number of amides is 1. The van der Waals surface area contributed by atoms with Gasteiger partial charge in [0.15, 0.2) is 5.82 Å². The highest BCUT2D eigenvalue weighted by Gasteiger charge is 2.26. The Hall–Kier alpha value is -3.89. The van der Waals surface area contributed by atoms with E-state index in [1.54, 1.807) is 19.1 Å². The lowest BCUT2D eigenvalue weighted by molar-refractivity contribution is -0.117. The van der Waals surface area contributed by atoms with Gasteiger partial charge in [0.25, 0.3) is 10.0 Å². The molecule has 0 aliphatic heterocycles. The highest BCUT2D eigenvalue weighted by atomic mass is 35.5. The van der Waals surface area contributed by atoms with Crippen LogP contribution in [0.15, 0.2) is 76.5 Å². The molecule has 2 aromatic heterocycles. The minimum Gasteiger partial charge on any atom is -0.495 e. The number of halogens is 1. The van der Waals surface area contributed by atoms with Gasteiger partial charge in [0.2, 0.25) is 5.91 Å². The summed E-state index contributed by atoms with van der Waals surface area (Å²) >= 11 is 6.76. The molecule has 0 saturated heterocycles. The Bertz CT molecular complexity index is 1570. The molecule has 0 spiro atoms. The van der Waals surface area contributed by atoms with E-state index in [4.69, 9.17) is 16.3 Å². The van der Waals surface area contributed by atoms with Crippen LogP contribution in [-0.2, 0) is 14.8 Å². The Kier molecular flexibility index (Phi) is 7.09. The van der Waals surface area contributed by atoms with E-state index in [1.807, 2.05) is 12.1 Å². The monoisotopic (exact) mass is 552 g/mol. The molecule has 196 valence electrons. The Morgan fingerprint density at radius 3 is 2.63 bits per heavy atom. The number of anilines is 3. The third-order valence-corrected chi connectivity index (χ3v) is 7.90. The summed E-state index contributed by atoms with van der Waals surface area (Å²) in [6, 6.07) is 15.9. The van der Waals surface area contributed by atoms with Crippen LogP contribution >= 0.6 is 11.6 Å². The quantitative estimate of drug-likeness (QED) is 0.265. The number of aromatic nitrogens is 2. The Balaban J connectivity index is 1.51. The van der Waals surface area contributed by atoms with E-state index in [9.17, 15) is 13.2 Å². The van der Waals surface area contributed by atoms with Gasteiger partial charge in [0.1, 0.15) is 22.7 Å². The van der Waals surface area contributed by atoms with Crippen molar-refractivity contribution in [1.29, 1.82) is 0 Å². The summed E-state index contributed by atoms with van der Waals surface area (Å²) in [6.07, 6.45) is 4.97. The van der Waals surface area contributed by atoms with E-state index in [2.05, 4.69) is 31.5 Å². The predicted octanol–water partition coefficient (Wildman–Crippen LogP) is 6.15. The van der Waals surface area contributed by atoms with Crippen molar-refractivity contribution in [2.24, 2.45) is 0 Å². The molecular formula is C27H25ClN4O5S. The normalized spacial score (nSPS) is 13.2. The minimum atomic E-state index is -3.96. The minimum absolute atomic E-state index is 0.0407. The first kappa shape index (κ1) is 25.7. The van der Waals surface area contributed by atoms with Crippen molar-refractivity contribution in [2.75, 3.05) is 16.7 Å². The van der Waals surface area contributed by atoms with Gasteiger partial charge >= 0.3 is 0 Å². The molecular weight excluding hydrogens is 528 g/mol.